The first-order valence-electron chi connectivity index (χ1n) is 9.81. The first kappa shape index (κ1) is 20.5. The number of carbonyl (C=O) groups excluding carboxylic acids is 2. The molecule has 1 aliphatic rings. The Morgan fingerprint density at radius 1 is 1.23 bits per heavy atom. The number of hydroxylamine groups is 1. The number of nitrogens with zero attached hydrogens (tertiary/aromatic N) is 2. The number of amides is 1. The van der Waals surface area contributed by atoms with Gasteiger partial charge in [-0.3, -0.25) is 9.59 Å². The van der Waals surface area contributed by atoms with Crippen LogP contribution in [0.1, 0.15) is 20.8 Å². The third-order valence-electron chi connectivity index (χ3n) is 5.20. The van der Waals surface area contributed by atoms with Gasteiger partial charge < -0.3 is 23.9 Å². The molecule has 1 aromatic carbocycles. The van der Waals surface area contributed by atoms with Crippen LogP contribution in [0.25, 0.3) is 22.0 Å². The first-order valence-corrected chi connectivity index (χ1v) is 9.81. The smallest absolute Gasteiger partial charge is 0.330 e. The van der Waals surface area contributed by atoms with Gasteiger partial charge in [0.1, 0.15) is 17.0 Å². The summed E-state index contributed by atoms with van der Waals surface area (Å²) in [6.07, 6.45) is 2.54. The predicted molar refractivity (Wildman–Crippen MR) is 114 cm³/mol. The average Bonchev–Trinajstić information content (AvgIpc) is 3.21. The zero-order valence-corrected chi connectivity index (χ0v) is 17.9. The Bertz CT molecular complexity index is 1260. The molecule has 0 spiro atoms. The fourth-order valence-electron chi connectivity index (χ4n) is 3.72. The van der Waals surface area contributed by atoms with Gasteiger partial charge in [-0.25, -0.2) is 4.79 Å². The molecule has 0 fully saturated rings. The molecule has 9 nitrogen and oxygen atoms in total. The van der Waals surface area contributed by atoms with E-state index in [0.29, 0.717) is 33.5 Å². The lowest BCUT2D eigenvalue weighted by Crippen LogP contribution is -2.49. The van der Waals surface area contributed by atoms with E-state index in [1.54, 1.807) is 37.6 Å². The molecule has 0 radical (unpaired) electrons. The molecule has 1 atom stereocenters. The number of aryl methyl sites for hydroxylation is 1. The molecule has 9 heteroatoms. The fourth-order valence-corrected chi connectivity index (χ4v) is 3.72. The van der Waals surface area contributed by atoms with E-state index in [1.807, 2.05) is 13.8 Å². The van der Waals surface area contributed by atoms with Crippen LogP contribution < -0.4 is 20.1 Å². The average molecular weight is 425 g/mol. The van der Waals surface area contributed by atoms with E-state index < -0.39 is 18.0 Å². The molecule has 3 heterocycles. The number of carbonyl (C=O) groups is 2. The van der Waals surface area contributed by atoms with Crippen LogP contribution in [0.4, 0.5) is 5.69 Å². The number of aromatic nitrogens is 2. The Balaban J connectivity index is 2.05. The molecule has 0 aliphatic carbocycles. The molecule has 1 aliphatic heterocycles. The van der Waals surface area contributed by atoms with Gasteiger partial charge in [-0.1, -0.05) is 13.8 Å². The van der Waals surface area contributed by atoms with Gasteiger partial charge in [-0.2, -0.15) is 0 Å². The summed E-state index contributed by atoms with van der Waals surface area (Å²) in [6.45, 7) is 4.92. The van der Waals surface area contributed by atoms with Crippen LogP contribution >= 0.6 is 0 Å². The number of rotatable bonds is 4. The molecule has 3 aromatic rings. The number of methoxy groups -OCH3 is 1. The number of hydrogen-bond acceptors (Lipinski definition) is 6. The van der Waals surface area contributed by atoms with Crippen molar-refractivity contribution >= 4 is 28.5 Å². The van der Waals surface area contributed by atoms with E-state index >= 15 is 0 Å². The normalized spacial score (nSPS) is 15.7. The molecule has 0 bridgehead atoms. The monoisotopic (exact) mass is 425 g/mol. The van der Waals surface area contributed by atoms with E-state index in [4.69, 9.17) is 14.3 Å². The van der Waals surface area contributed by atoms with Crippen LogP contribution in [-0.4, -0.2) is 34.6 Å². The van der Waals surface area contributed by atoms with E-state index in [1.165, 1.54) is 18.6 Å². The molecule has 1 amide bonds. The van der Waals surface area contributed by atoms with Crippen molar-refractivity contribution in [1.29, 1.82) is 0 Å². The predicted octanol–water partition coefficient (Wildman–Crippen LogP) is 2.77. The molecule has 1 unspecified atom stereocenters. The molecule has 2 aromatic heterocycles. The van der Waals surface area contributed by atoms with Crippen LogP contribution in [0.2, 0.25) is 0 Å². The summed E-state index contributed by atoms with van der Waals surface area (Å²) in [4.78, 5) is 45.5. The number of hydrogen-bond donors (Lipinski definition) is 1. The van der Waals surface area contributed by atoms with Gasteiger partial charge in [0.25, 0.3) is 5.56 Å². The number of aromatic amines is 1. The number of pyridine rings is 1. The highest BCUT2D eigenvalue weighted by Gasteiger charge is 2.40. The van der Waals surface area contributed by atoms with E-state index in [2.05, 4.69) is 4.98 Å². The molecule has 0 saturated heterocycles. The zero-order chi connectivity index (χ0) is 22.4. The van der Waals surface area contributed by atoms with Crippen LogP contribution in [0.3, 0.4) is 0 Å². The fraction of sp³-hybridized carbons (Fsp3) is 0.318. The van der Waals surface area contributed by atoms with Crippen molar-refractivity contribution in [3.8, 4) is 22.6 Å². The van der Waals surface area contributed by atoms with Crippen molar-refractivity contribution in [1.82, 2.24) is 9.55 Å². The summed E-state index contributed by atoms with van der Waals surface area (Å²) in [6, 6.07) is 5.15. The van der Waals surface area contributed by atoms with Gasteiger partial charge in [0.15, 0.2) is 11.9 Å². The summed E-state index contributed by atoms with van der Waals surface area (Å²) >= 11 is 0. The van der Waals surface area contributed by atoms with Crippen molar-refractivity contribution in [2.24, 2.45) is 13.0 Å². The molecular formula is C22H23N3O6. The maximum Gasteiger partial charge on any atom is 0.330 e. The van der Waals surface area contributed by atoms with Gasteiger partial charge in [0, 0.05) is 48.9 Å². The maximum atomic E-state index is 13.0. The summed E-state index contributed by atoms with van der Waals surface area (Å²) in [5.41, 5.74) is 1.83. The van der Waals surface area contributed by atoms with Crippen molar-refractivity contribution < 1.29 is 23.9 Å². The first-order chi connectivity index (χ1) is 14.7. The third kappa shape index (κ3) is 3.31. The highest BCUT2D eigenvalue weighted by Crippen LogP contribution is 2.47. The third-order valence-corrected chi connectivity index (χ3v) is 5.20. The lowest BCUT2D eigenvalue weighted by Gasteiger charge is -2.35. The summed E-state index contributed by atoms with van der Waals surface area (Å²) < 4.78 is 13.1. The Hall–Kier alpha value is -3.75. The minimum Gasteiger partial charge on any atom is -0.497 e. The van der Waals surface area contributed by atoms with Gasteiger partial charge in [-0.05, 0) is 18.1 Å². The van der Waals surface area contributed by atoms with Crippen molar-refractivity contribution in [3.63, 3.8) is 0 Å². The van der Waals surface area contributed by atoms with E-state index in [9.17, 15) is 14.4 Å². The number of H-pyrrole nitrogens is 1. The van der Waals surface area contributed by atoms with Crippen molar-refractivity contribution in [2.45, 2.75) is 26.9 Å². The summed E-state index contributed by atoms with van der Waals surface area (Å²) in [5, 5.41) is 1.66. The zero-order valence-electron chi connectivity index (χ0n) is 17.9. The minimum atomic E-state index is -0.853. The second-order valence-corrected chi connectivity index (χ2v) is 7.75. The summed E-state index contributed by atoms with van der Waals surface area (Å²) in [7, 11) is 3.15. The Kier molecular flexibility index (Phi) is 4.96. The second kappa shape index (κ2) is 7.50. The molecule has 1 N–H and O–H groups in total. The quantitative estimate of drug-likeness (QED) is 0.690. The standard InChI is InChI=1S/C22H23N3O6/c1-11(2)19-22(28)25(31-12(3)26)17-9-13(29-5)8-15(20(17)30-19)16-10-24(4)21(27)18-14(16)6-7-23-18/h6-11,19,23H,1-5H3. The van der Waals surface area contributed by atoms with Gasteiger partial charge in [0.05, 0.1) is 7.11 Å². The highest BCUT2D eigenvalue weighted by atomic mass is 16.7. The maximum absolute atomic E-state index is 13.0. The topological polar surface area (TPSA) is 103 Å². The number of anilines is 1. The van der Waals surface area contributed by atoms with Crippen molar-refractivity contribution in [3.05, 3.63) is 40.9 Å². The van der Waals surface area contributed by atoms with Gasteiger partial charge in [0.2, 0.25) is 0 Å². The SMILES string of the molecule is COc1cc(-c2cn(C)c(=O)c3[nH]ccc23)c2c(c1)N(OC(C)=O)C(=O)C(C(C)C)O2. The number of fused-ring (bicyclic) bond motifs is 2. The minimum absolute atomic E-state index is 0.168. The molecule has 0 saturated carbocycles. The lowest BCUT2D eigenvalue weighted by molar-refractivity contribution is -0.152. The lowest BCUT2D eigenvalue weighted by atomic mass is 9.98. The summed E-state index contributed by atoms with van der Waals surface area (Å²) in [5.74, 6) is -0.502. The largest absolute Gasteiger partial charge is 0.497 e. The number of ether oxygens (including phenoxy) is 2. The van der Waals surface area contributed by atoms with Gasteiger partial charge >= 0.3 is 11.9 Å². The molecule has 31 heavy (non-hydrogen) atoms. The molecular weight excluding hydrogens is 402 g/mol. The highest BCUT2D eigenvalue weighted by molar-refractivity contribution is 6.04. The van der Waals surface area contributed by atoms with Gasteiger partial charge in [-0.15, -0.1) is 5.06 Å². The second-order valence-electron chi connectivity index (χ2n) is 7.75. The van der Waals surface area contributed by atoms with Crippen LogP contribution in [0.5, 0.6) is 11.5 Å². The molecule has 4 rings (SSSR count). The van der Waals surface area contributed by atoms with Crippen LogP contribution in [0.15, 0.2) is 35.4 Å². The molecule has 162 valence electrons. The number of nitrogens with one attached hydrogen (secondary N) is 1. The van der Waals surface area contributed by atoms with E-state index in [0.717, 1.165) is 5.06 Å². The van der Waals surface area contributed by atoms with E-state index in [-0.39, 0.29) is 17.2 Å². The Labute approximate surface area is 178 Å². The van der Waals surface area contributed by atoms with Crippen LogP contribution in [-0.2, 0) is 21.5 Å². The number of benzene rings is 1. The van der Waals surface area contributed by atoms with Crippen LogP contribution in [0, 0.1) is 5.92 Å². The Morgan fingerprint density at radius 2 is 1.97 bits per heavy atom. The van der Waals surface area contributed by atoms with Crippen molar-refractivity contribution in [2.75, 3.05) is 12.2 Å². The Morgan fingerprint density at radius 3 is 2.61 bits per heavy atom.